The highest BCUT2D eigenvalue weighted by Gasteiger charge is 2.03. The maximum absolute atomic E-state index is 5.69. The Kier molecular flexibility index (Phi) is 9.22. The van der Waals surface area contributed by atoms with E-state index < -0.39 is 0 Å². The van der Waals surface area contributed by atoms with Crippen LogP contribution in [-0.2, 0) is 24.3 Å². The topological polar surface area (TPSA) is 58.5 Å². The molecule has 0 saturated heterocycles. The summed E-state index contributed by atoms with van der Waals surface area (Å²) in [5.41, 5.74) is 3.48. The Hall–Kier alpha value is -2.40. The van der Waals surface area contributed by atoms with Crippen molar-refractivity contribution >= 4 is 5.96 Å². The Morgan fingerprint density at radius 1 is 1.04 bits per heavy atom. The highest BCUT2D eigenvalue weighted by atomic mass is 16.5. The quantitative estimate of drug-likeness (QED) is 0.390. The van der Waals surface area contributed by atoms with Gasteiger partial charge in [0.1, 0.15) is 0 Å². The molecular formula is C21H30N4O. The van der Waals surface area contributed by atoms with E-state index in [1.807, 2.05) is 30.5 Å². The molecule has 26 heavy (non-hydrogen) atoms. The zero-order valence-electron chi connectivity index (χ0n) is 15.9. The number of benzene rings is 1. The maximum atomic E-state index is 5.69. The van der Waals surface area contributed by atoms with Crippen LogP contribution in [0, 0.1) is 0 Å². The fourth-order valence-corrected chi connectivity index (χ4v) is 2.54. The van der Waals surface area contributed by atoms with E-state index in [4.69, 9.17) is 9.73 Å². The number of nitrogens with zero attached hydrogens (tertiary/aromatic N) is 2. The second-order valence-corrected chi connectivity index (χ2v) is 6.01. The van der Waals surface area contributed by atoms with Crippen LogP contribution in [0.15, 0.2) is 53.7 Å². The molecule has 0 atom stereocenters. The molecule has 0 aliphatic heterocycles. The Labute approximate surface area is 156 Å². The second-order valence-electron chi connectivity index (χ2n) is 6.01. The van der Waals surface area contributed by atoms with Gasteiger partial charge < -0.3 is 15.4 Å². The lowest BCUT2D eigenvalue weighted by Crippen LogP contribution is -2.38. The van der Waals surface area contributed by atoms with Gasteiger partial charge >= 0.3 is 0 Å². The van der Waals surface area contributed by atoms with Gasteiger partial charge in [-0.15, -0.1) is 0 Å². The summed E-state index contributed by atoms with van der Waals surface area (Å²) in [6.07, 6.45) is 3.73. The van der Waals surface area contributed by atoms with Gasteiger partial charge in [-0.25, -0.2) is 4.99 Å². The zero-order valence-corrected chi connectivity index (χ0v) is 15.9. The van der Waals surface area contributed by atoms with E-state index in [0.29, 0.717) is 13.2 Å². The summed E-state index contributed by atoms with van der Waals surface area (Å²) >= 11 is 0. The molecule has 0 aliphatic carbocycles. The third kappa shape index (κ3) is 7.23. The molecule has 0 amide bonds. The molecular weight excluding hydrogens is 324 g/mol. The van der Waals surface area contributed by atoms with Crippen molar-refractivity contribution in [1.29, 1.82) is 0 Å². The van der Waals surface area contributed by atoms with E-state index >= 15 is 0 Å². The summed E-state index contributed by atoms with van der Waals surface area (Å²) in [6, 6.07) is 14.3. The molecule has 0 bridgehead atoms. The lowest BCUT2D eigenvalue weighted by atomic mass is 10.1. The molecule has 1 heterocycles. The minimum absolute atomic E-state index is 0.630. The average molecular weight is 354 g/mol. The summed E-state index contributed by atoms with van der Waals surface area (Å²) < 4.78 is 5.69. The number of guanidine groups is 1. The van der Waals surface area contributed by atoms with Gasteiger partial charge in [-0.3, -0.25) is 4.98 Å². The van der Waals surface area contributed by atoms with Crippen molar-refractivity contribution in [3.63, 3.8) is 0 Å². The van der Waals surface area contributed by atoms with Crippen molar-refractivity contribution in [3.05, 3.63) is 65.5 Å². The lowest BCUT2D eigenvalue weighted by Gasteiger charge is -2.12. The summed E-state index contributed by atoms with van der Waals surface area (Å²) in [5, 5.41) is 6.68. The fourth-order valence-electron chi connectivity index (χ4n) is 2.54. The molecule has 0 unspecified atom stereocenters. The summed E-state index contributed by atoms with van der Waals surface area (Å²) in [5.74, 6) is 0.827. The van der Waals surface area contributed by atoms with Crippen LogP contribution in [0.2, 0.25) is 0 Å². The van der Waals surface area contributed by atoms with Gasteiger partial charge in [-0.1, -0.05) is 37.3 Å². The molecule has 0 fully saturated rings. The molecule has 5 nitrogen and oxygen atoms in total. The lowest BCUT2D eigenvalue weighted by molar-refractivity contribution is 0.121. The highest BCUT2D eigenvalue weighted by molar-refractivity contribution is 5.79. The van der Waals surface area contributed by atoms with E-state index in [0.717, 1.165) is 44.2 Å². The van der Waals surface area contributed by atoms with Crippen LogP contribution >= 0.6 is 0 Å². The van der Waals surface area contributed by atoms with Gasteiger partial charge in [0.15, 0.2) is 5.96 Å². The van der Waals surface area contributed by atoms with Gasteiger partial charge in [0.05, 0.1) is 13.2 Å². The molecule has 2 aromatic rings. The standard InChI is InChI=1S/C21H30N4O/c1-3-15-26-17-19-10-6-5-9-18(19)16-25-21(22-4-2)24-14-12-20-11-7-8-13-23-20/h5-11,13H,3-4,12,14-17H2,1-2H3,(H2,22,24,25). The molecule has 0 saturated carbocycles. The van der Waals surface area contributed by atoms with Gasteiger partial charge in [-0.2, -0.15) is 0 Å². The minimum Gasteiger partial charge on any atom is -0.377 e. The summed E-state index contributed by atoms with van der Waals surface area (Å²) in [6.45, 7) is 7.88. The first-order valence-electron chi connectivity index (χ1n) is 9.40. The number of rotatable bonds is 10. The van der Waals surface area contributed by atoms with E-state index in [1.165, 1.54) is 11.1 Å². The van der Waals surface area contributed by atoms with Crippen LogP contribution in [0.4, 0.5) is 0 Å². The van der Waals surface area contributed by atoms with Gasteiger partial charge in [0.25, 0.3) is 0 Å². The van der Waals surface area contributed by atoms with E-state index in [-0.39, 0.29) is 0 Å². The Morgan fingerprint density at radius 2 is 1.85 bits per heavy atom. The molecule has 2 N–H and O–H groups in total. The number of nitrogens with one attached hydrogen (secondary N) is 2. The van der Waals surface area contributed by atoms with Gasteiger partial charge in [0, 0.05) is 38.0 Å². The summed E-state index contributed by atoms with van der Waals surface area (Å²) in [4.78, 5) is 9.07. The molecule has 0 spiro atoms. The third-order valence-corrected chi connectivity index (χ3v) is 3.88. The molecule has 0 radical (unpaired) electrons. The average Bonchev–Trinajstić information content (AvgIpc) is 2.68. The first kappa shape index (κ1) is 19.9. The van der Waals surface area contributed by atoms with Crippen molar-refractivity contribution < 1.29 is 4.74 Å². The molecule has 2 rings (SSSR count). The first-order chi connectivity index (χ1) is 12.8. The smallest absolute Gasteiger partial charge is 0.191 e. The monoisotopic (exact) mass is 354 g/mol. The van der Waals surface area contributed by atoms with Gasteiger partial charge in [-0.05, 0) is 36.6 Å². The third-order valence-electron chi connectivity index (χ3n) is 3.88. The molecule has 140 valence electrons. The van der Waals surface area contributed by atoms with Crippen molar-refractivity contribution in [1.82, 2.24) is 15.6 Å². The highest BCUT2D eigenvalue weighted by Crippen LogP contribution is 2.11. The minimum atomic E-state index is 0.630. The predicted octanol–water partition coefficient (Wildman–Crippen LogP) is 3.31. The molecule has 1 aromatic heterocycles. The largest absolute Gasteiger partial charge is 0.377 e. The second kappa shape index (κ2) is 12.0. The molecule has 1 aromatic carbocycles. The molecule has 0 aliphatic rings. The van der Waals surface area contributed by atoms with Gasteiger partial charge in [0.2, 0.25) is 0 Å². The van der Waals surface area contributed by atoms with E-state index in [1.54, 1.807) is 0 Å². The van der Waals surface area contributed by atoms with Crippen LogP contribution in [0.1, 0.15) is 37.1 Å². The summed E-state index contributed by atoms with van der Waals surface area (Å²) in [7, 11) is 0. The number of hydrogen-bond acceptors (Lipinski definition) is 3. The SMILES string of the molecule is CCCOCc1ccccc1CN=C(NCC)NCCc1ccccn1. The Balaban J connectivity index is 1.91. The number of aromatic nitrogens is 1. The number of aliphatic imine (C=N–C) groups is 1. The Bertz CT molecular complexity index is 658. The van der Waals surface area contributed by atoms with Crippen LogP contribution in [0.25, 0.3) is 0 Å². The fraction of sp³-hybridized carbons (Fsp3) is 0.429. The van der Waals surface area contributed by atoms with Crippen LogP contribution in [0.3, 0.4) is 0 Å². The number of ether oxygens (including phenoxy) is 1. The van der Waals surface area contributed by atoms with E-state index in [9.17, 15) is 0 Å². The maximum Gasteiger partial charge on any atom is 0.191 e. The van der Waals surface area contributed by atoms with Crippen LogP contribution < -0.4 is 10.6 Å². The zero-order chi connectivity index (χ0) is 18.5. The number of pyridine rings is 1. The predicted molar refractivity (Wildman–Crippen MR) is 107 cm³/mol. The van der Waals surface area contributed by atoms with Crippen molar-refractivity contribution in [3.8, 4) is 0 Å². The van der Waals surface area contributed by atoms with Crippen molar-refractivity contribution in [2.24, 2.45) is 4.99 Å². The molecule has 5 heteroatoms. The normalized spacial score (nSPS) is 11.4. The van der Waals surface area contributed by atoms with E-state index in [2.05, 4.69) is 47.7 Å². The van der Waals surface area contributed by atoms with Crippen LogP contribution in [0.5, 0.6) is 0 Å². The van der Waals surface area contributed by atoms with Crippen molar-refractivity contribution in [2.45, 2.75) is 39.8 Å². The first-order valence-corrected chi connectivity index (χ1v) is 9.40. The Morgan fingerprint density at radius 3 is 2.58 bits per heavy atom. The number of hydrogen-bond donors (Lipinski definition) is 2. The van der Waals surface area contributed by atoms with Crippen molar-refractivity contribution in [2.75, 3.05) is 19.7 Å². The van der Waals surface area contributed by atoms with Crippen LogP contribution in [-0.4, -0.2) is 30.6 Å².